The third-order valence-electron chi connectivity index (χ3n) is 3.08. The van der Waals surface area contributed by atoms with Crippen LogP contribution >= 0.6 is 27.5 Å². The molecule has 0 amide bonds. The number of halogens is 2. The standard InChI is InChI=1S/C16H16BrClO/c1-11-3-5-12(6-4-11)9-16(18)14-10-13(19-2)7-8-15(14)17/h3-8,10,16H,9H2,1-2H3. The maximum absolute atomic E-state index is 6.53. The van der Waals surface area contributed by atoms with E-state index in [0.717, 1.165) is 22.2 Å². The summed E-state index contributed by atoms with van der Waals surface area (Å²) >= 11 is 10.1. The van der Waals surface area contributed by atoms with Gasteiger partial charge in [0.15, 0.2) is 0 Å². The first-order valence-corrected chi connectivity index (χ1v) is 7.36. The molecule has 0 aromatic heterocycles. The van der Waals surface area contributed by atoms with E-state index < -0.39 is 0 Å². The zero-order chi connectivity index (χ0) is 13.8. The van der Waals surface area contributed by atoms with Gasteiger partial charge in [0.1, 0.15) is 5.75 Å². The van der Waals surface area contributed by atoms with Crippen LogP contribution in [-0.4, -0.2) is 7.11 Å². The van der Waals surface area contributed by atoms with Crippen molar-refractivity contribution in [1.82, 2.24) is 0 Å². The molecule has 0 heterocycles. The van der Waals surface area contributed by atoms with Gasteiger partial charge in [-0.05, 0) is 42.7 Å². The van der Waals surface area contributed by atoms with Crippen molar-refractivity contribution in [3.05, 3.63) is 63.6 Å². The van der Waals surface area contributed by atoms with Gasteiger partial charge in [0.2, 0.25) is 0 Å². The number of alkyl halides is 1. The molecule has 19 heavy (non-hydrogen) atoms. The highest BCUT2D eigenvalue weighted by atomic mass is 79.9. The summed E-state index contributed by atoms with van der Waals surface area (Å²) in [5, 5.41) is -0.0767. The summed E-state index contributed by atoms with van der Waals surface area (Å²) < 4.78 is 6.26. The van der Waals surface area contributed by atoms with E-state index in [1.165, 1.54) is 11.1 Å². The monoisotopic (exact) mass is 338 g/mol. The number of hydrogen-bond acceptors (Lipinski definition) is 1. The van der Waals surface area contributed by atoms with Gasteiger partial charge in [-0.25, -0.2) is 0 Å². The van der Waals surface area contributed by atoms with E-state index in [2.05, 4.69) is 47.1 Å². The number of aryl methyl sites for hydroxylation is 1. The Kier molecular flexibility index (Phi) is 4.89. The molecule has 0 saturated carbocycles. The molecule has 0 fully saturated rings. The predicted octanol–water partition coefficient (Wildman–Crippen LogP) is 5.29. The summed E-state index contributed by atoms with van der Waals surface area (Å²) in [7, 11) is 1.66. The fourth-order valence-corrected chi connectivity index (χ4v) is 2.94. The lowest BCUT2D eigenvalue weighted by atomic mass is 10.0. The van der Waals surface area contributed by atoms with Crippen molar-refractivity contribution in [2.24, 2.45) is 0 Å². The molecule has 2 aromatic carbocycles. The molecule has 0 aliphatic rings. The van der Waals surface area contributed by atoms with E-state index in [0.29, 0.717) is 0 Å². The van der Waals surface area contributed by atoms with Gasteiger partial charge in [-0.15, -0.1) is 11.6 Å². The zero-order valence-electron chi connectivity index (χ0n) is 11.0. The second-order valence-electron chi connectivity index (χ2n) is 4.54. The van der Waals surface area contributed by atoms with E-state index in [4.69, 9.17) is 16.3 Å². The molecule has 1 atom stereocenters. The first kappa shape index (κ1) is 14.4. The molecule has 3 heteroatoms. The third kappa shape index (κ3) is 3.74. The minimum absolute atomic E-state index is 0.0767. The summed E-state index contributed by atoms with van der Waals surface area (Å²) in [6.07, 6.45) is 0.799. The molecule has 2 aromatic rings. The molecule has 0 aliphatic carbocycles. The average Bonchev–Trinajstić information content (AvgIpc) is 2.42. The fourth-order valence-electron chi connectivity index (χ4n) is 1.93. The first-order chi connectivity index (χ1) is 9.10. The van der Waals surface area contributed by atoms with Gasteiger partial charge < -0.3 is 4.74 Å². The van der Waals surface area contributed by atoms with E-state index in [-0.39, 0.29) is 5.38 Å². The van der Waals surface area contributed by atoms with Crippen LogP contribution in [0.3, 0.4) is 0 Å². The molecule has 0 N–H and O–H groups in total. The van der Waals surface area contributed by atoms with Crippen LogP contribution in [0.2, 0.25) is 0 Å². The van der Waals surface area contributed by atoms with Crippen molar-refractivity contribution < 1.29 is 4.74 Å². The largest absolute Gasteiger partial charge is 0.497 e. The first-order valence-electron chi connectivity index (χ1n) is 6.13. The van der Waals surface area contributed by atoms with Gasteiger partial charge in [0.25, 0.3) is 0 Å². The van der Waals surface area contributed by atoms with E-state index in [1.807, 2.05) is 18.2 Å². The van der Waals surface area contributed by atoms with Crippen molar-refractivity contribution >= 4 is 27.5 Å². The summed E-state index contributed by atoms with van der Waals surface area (Å²) in [6.45, 7) is 2.08. The lowest BCUT2D eigenvalue weighted by Crippen LogP contribution is -1.98. The van der Waals surface area contributed by atoms with Crippen LogP contribution in [0.1, 0.15) is 22.1 Å². The van der Waals surface area contributed by atoms with Crippen LogP contribution in [0.5, 0.6) is 5.75 Å². The highest BCUT2D eigenvalue weighted by Crippen LogP contribution is 2.33. The highest BCUT2D eigenvalue weighted by molar-refractivity contribution is 9.10. The average molecular weight is 340 g/mol. The zero-order valence-corrected chi connectivity index (χ0v) is 13.3. The Morgan fingerprint density at radius 2 is 1.84 bits per heavy atom. The minimum atomic E-state index is -0.0767. The van der Waals surface area contributed by atoms with Crippen molar-refractivity contribution in [2.45, 2.75) is 18.7 Å². The van der Waals surface area contributed by atoms with Crippen molar-refractivity contribution in [2.75, 3.05) is 7.11 Å². The SMILES string of the molecule is COc1ccc(Br)c(C(Cl)Cc2ccc(C)cc2)c1. The molecule has 0 radical (unpaired) electrons. The molecule has 1 nitrogen and oxygen atoms in total. The second-order valence-corrected chi connectivity index (χ2v) is 5.93. The third-order valence-corrected chi connectivity index (χ3v) is 4.19. The maximum atomic E-state index is 6.53. The van der Waals surface area contributed by atoms with Crippen molar-refractivity contribution in [3.8, 4) is 5.75 Å². The van der Waals surface area contributed by atoms with E-state index in [1.54, 1.807) is 7.11 Å². The molecule has 100 valence electrons. The Labute approximate surface area is 127 Å². The summed E-state index contributed by atoms with van der Waals surface area (Å²) in [5.74, 6) is 0.827. The smallest absolute Gasteiger partial charge is 0.119 e. The Morgan fingerprint density at radius 3 is 2.47 bits per heavy atom. The topological polar surface area (TPSA) is 9.23 Å². The fraction of sp³-hybridized carbons (Fsp3) is 0.250. The Balaban J connectivity index is 2.19. The molecule has 0 spiro atoms. The van der Waals surface area contributed by atoms with E-state index in [9.17, 15) is 0 Å². The lowest BCUT2D eigenvalue weighted by Gasteiger charge is -2.13. The predicted molar refractivity (Wildman–Crippen MR) is 84.2 cm³/mol. The second kappa shape index (κ2) is 6.44. The van der Waals surface area contributed by atoms with Crippen LogP contribution in [0.25, 0.3) is 0 Å². The quantitative estimate of drug-likeness (QED) is 0.688. The molecule has 0 bridgehead atoms. The molecule has 1 unspecified atom stereocenters. The summed E-state index contributed by atoms with van der Waals surface area (Å²) in [6, 6.07) is 14.3. The Bertz CT molecular complexity index is 551. The number of hydrogen-bond donors (Lipinski definition) is 0. The van der Waals surface area contributed by atoms with Crippen LogP contribution in [0.4, 0.5) is 0 Å². The van der Waals surface area contributed by atoms with Crippen molar-refractivity contribution in [1.29, 1.82) is 0 Å². The van der Waals surface area contributed by atoms with Gasteiger partial charge in [0.05, 0.1) is 12.5 Å². The van der Waals surface area contributed by atoms with Gasteiger partial charge in [0, 0.05) is 4.47 Å². The number of rotatable bonds is 4. The van der Waals surface area contributed by atoms with Crippen LogP contribution in [0, 0.1) is 6.92 Å². The van der Waals surface area contributed by atoms with Gasteiger partial charge in [-0.2, -0.15) is 0 Å². The molecule has 2 rings (SSSR count). The molecule has 0 saturated heterocycles. The van der Waals surface area contributed by atoms with Crippen LogP contribution < -0.4 is 4.74 Å². The number of ether oxygens (including phenoxy) is 1. The Hall–Kier alpha value is -0.990. The van der Waals surface area contributed by atoms with E-state index >= 15 is 0 Å². The van der Waals surface area contributed by atoms with Gasteiger partial charge in [-0.1, -0.05) is 45.8 Å². The maximum Gasteiger partial charge on any atom is 0.119 e. The number of methoxy groups -OCH3 is 1. The van der Waals surface area contributed by atoms with Crippen LogP contribution in [0.15, 0.2) is 46.9 Å². The normalized spacial score (nSPS) is 12.2. The Morgan fingerprint density at radius 1 is 1.16 bits per heavy atom. The van der Waals surface area contributed by atoms with Crippen molar-refractivity contribution in [3.63, 3.8) is 0 Å². The lowest BCUT2D eigenvalue weighted by molar-refractivity contribution is 0.414. The molecule has 0 aliphatic heterocycles. The molecular formula is C16H16BrClO. The number of benzene rings is 2. The summed E-state index contributed by atoms with van der Waals surface area (Å²) in [4.78, 5) is 0. The highest BCUT2D eigenvalue weighted by Gasteiger charge is 2.13. The summed E-state index contributed by atoms with van der Waals surface area (Å²) in [5.41, 5.74) is 3.55. The van der Waals surface area contributed by atoms with Gasteiger partial charge >= 0.3 is 0 Å². The van der Waals surface area contributed by atoms with Gasteiger partial charge in [-0.3, -0.25) is 0 Å². The minimum Gasteiger partial charge on any atom is -0.497 e. The van der Waals surface area contributed by atoms with Crippen LogP contribution in [-0.2, 0) is 6.42 Å². The molecular weight excluding hydrogens is 324 g/mol.